The number of nitrogens with zero attached hydrogens (tertiary/aromatic N) is 2. The van der Waals surface area contributed by atoms with Gasteiger partial charge in [-0.05, 0) is 41.1 Å². The fourth-order valence-electron chi connectivity index (χ4n) is 0.880. The zero-order valence-corrected chi connectivity index (χ0v) is 8.33. The molecule has 12 heavy (non-hydrogen) atoms. The van der Waals surface area contributed by atoms with Crippen LogP contribution in [0, 0.1) is 25.2 Å². The highest BCUT2D eigenvalue weighted by Gasteiger charge is 2.07. The van der Waals surface area contributed by atoms with Crippen molar-refractivity contribution in [3.8, 4) is 6.07 Å². The van der Waals surface area contributed by atoms with E-state index in [1.165, 1.54) is 0 Å². The highest BCUT2D eigenvalue weighted by Crippen LogP contribution is 2.27. The van der Waals surface area contributed by atoms with Crippen molar-refractivity contribution in [3.63, 3.8) is 0 Å². The van der Waals surface area contributed by atoms with Crippen molar-refractivity contribution in [1.82, 2.24) is 4.98 Å². The molecule has 0 spiro atoms. The molecule has 0 unspecified atom stereocenters. The molecule has 0 radical (unpaired) electrons. The van der Waals surface area contributed by atoms with E-state index in [9.17, 15) is 0 Å². The van der Waals surface area contributed by atoms with E-state index in [0.29, 0.717) is 5.56 Å². The van der Waals surface area contributed by atoms with Crippen LogP contribution >= 0.6 is 21.7 Å². The molecule has 1 aromatic heterocycles. The molecule has 0 atom stereocenters. The number of aryl methyl sites for hydroxylation is 1. The highest BCUT2D eigenvalue weighted by atomic mass is 35.7. The van der Waals surface area contributed by atoms with Gasteiger partial charge < -0.3 is 0 Å². The zero-order valence-electron chi connectivity index (χ0n) is 6.76. The number of hydrogen-bond donors (Lipinski definition) is 0. The van der Waals surface area contributed by atoms with Gasteiger partial charge in [0.15, 0.2) is 0 Å². The maximum atomic E-state index is 8.81. The monoisotopic (exact) mass is 198 g/mol. The quantitative estimate of drug-likeness (QED) is 0.697. The van der Waals surface area contributed by atoms with Crippen LogP contribution in [-0.4, -0.2) is 4.98 Å². The first-order valence-corrected chi connectivity index (χ1v) is 5.00. The second kappa shape index (κ2) is 3.79. The van der Waals surface area contributed by atoms with Gasteiger partial charge in [0, 0.05) is 11.9 Å². The Kier molecular flexibility index (Phi) is 2.96. The normalized spacial score (nSPS) is 9.50. The van der Waals surface area contributed by atoms with Gasteiger partial charge in [-0.2, -0.15) is 5.26 Å². The van der Waals surface area contributed by atoms with E-state index in [1.807, 2.05) is 13.8 Å². The summed E-state index contributed by atoms with van der Waals surface area (Å²) in [6, 6.07) is 2.11. The van der Waals surface area contributed by atoms with Crippen molar-refractivity contribution in [2.24, 2.45) is 0 Å². The van der Waals surface area contributed by atoms with Gasteiger partial charge in [-0.1, -0.05) is 0 Å². The molecule has 0 fully saturated rings. The summed E-state index contributed by atoms with van der Waals surface area (Å²) in [6.45, 7) is 3.75. The predicted molar refractivity (Wildman–Crippen MR) is 50.1 cm³/mol. The second-order valence-corrected chi connectivity index (χ2v) is 3.45. The second-order valence-electron chi connectivity index (χ2n) is 2.40. The van der Waals surface area contributed by atoms with Gasteiger partial charge in [-0.15, -0.1) is 0 Å². The van der Waals surface area contributed by atoms with Crippen LogP contribution in [0.4, 0.5) is 0 Å². The third-order valence-corrected chi connectivity index (χ3v) is 2.71. The predicted octanol–water partition coefficient (Wildman–Crippen LogP) is 2.82. The molecule has 62 valence electrons. The van der Waals surface area contributed by atoms with E-state index in [1.54, 1.807) is 6.20 Å². The number of pyridine rings is 1. The Morgan fingerprint density at radius 1 is 1.58 bits per heavy atom. The van der Waals surface area contributed by atoms with Crippen molar-refractivity contribution in [2.45, 2.75) is 18.7 Å². The van der Waals surface area contributed by atoms with Crippen LogP contribution in [0.5, 0.6) is 0 Å². The third kappa shape index (κ3) is 1.55. The van der Waals surface area contributed by atoms with Gasteiger partial charge in [0.1, 0.15) is 6.07 Å². The van der Waals surface area contributed by atoms with Gasteiger partial charge in [-0.25, -0.2) is 0 Å². The molecule has 0 aromatic carbocycles. The fraction of sp³-hybridized carbons (Fsp3) is 0.250. The van der Waals surface area contributed by atoms with Crippen LogP contribution in [0.1, 0.15) is 16.8 Å². The number of halogens is 1. The lowest BCUT2D eigenvalue weighted by Gasteiger charge is -2.03. The molecule has 0 N–H and O–H groups in total. The van der Waals surface area contributed by atoms with Crippen LogP contribution in [0.2, 0.25) is 0 Å². The van der Waals surface area contributed by atoms with E-state index >= 15 is 0 Å². The molecule has 0 aliphatic rings. The average Bonchev–Trinajstić information content (AvgIpc) is 2.09. The Morgan fingerprint density at radius 2 is 2.25 bits per heavy atom. The zero-order chi connectivity index (χ0) is 9.14. The summed E-state index contributed by atoms with van der Waals surface area (Å²) in [5.74, 6) is 0. The molecular formula is C8H7ClN2S. The highest BCUT2D eigenvalue weighted by molar-refractivity contribution is 8.21. The molecule has 0 aliphatic heterocycles. The van der Waals surface area contributed by atoms with Crippen LogP contribution < -0.4 is 0 Å². The molecule has 0 saturated heterocycles. The van der Waals surface area contributed by atoms with Gasteiger partial charge in [0.05, 0.1) is 10.5 Å². The standard InChI is InChI=1S/C8H7ClN2S/c1-5-6(2)11-4-8(12-9)7(5)3-10/h4H,1-2H3. The summed E-state index contributed by atoms with van der Waals surface area (Å²) in [6.07, 6.45) is 1.62. The topological polar surface area (TPSA) is 36.7 Å². The number of aromatic nitrogens is 1. The Morgan fingerprint density at radius 3 is 2.75 bits per heavy atom. The first kappa shape index (κ1) is 9.37. The van der Waals surface area contributed by atoms with Gasteiger partial charge in [0.25, 0.3) is 0 Å². The van der Waals surface area contributed by atoms with Crippen LogP contribution in [0.3, 0.4) is 0 Å². The van der Waals surface area contributed by atoms with Crippen LogP contribution in [0.15, 0.2) is 11.1 Å². The molecule has 0 saturated carbocycles. The minimum Gasteiger partial charge on any atom is -0.260 e. The summed E-state index contributed by atoms with van der Waals surface area (Å²) in [7, 11) is 6.59. The van der Waals surface area contributed by atoms with Crippen molar-refractivity contribution in [3.05, 3.63) is 23.0 Å². The molecule has 1 aromatic rings. The first-order valence-electron chi connectivity index (χ1n) is 3.35. The van der Waals surface area contributed by atoms with Gasteiger partial charge in [-0.3, -0.25) is 4.98 Å². The molecule has 4 heteroatoms. The van der Waals surface area contributed by atoms with E-state index in [0.717, 1.165) is 27.1 Å². The number of nitriles is 1. The number of hydrogen-bond acceptors (Lipinski definition) is 3. The molecule has 0 amide bonds. The smallest absolute Gasteiger partial charge is 0.101 e. The summed E-state index contributed by atoms with van der Waals surface area (Å²) < 4.78 is 0. The lowest BCUT2D eigenvalue weighted by molar-refractivity contribution is 1.09. The number of rotatable bonds is 1. The van der Waals surface area contributed by atoms with Gasteiger partial charge in [0.2, 0.25) is 0 Å². The Labute approximate surface area is 80.1 Å². The van der Waals surface area contributed by atoms with E-state index in [-0.39, 0.29) is 0 Å². The minimum absolute atomic E-state index is 0.627. The van der Waals surface area contributed by atoms with E-state index in [4.69, 9.17) is 15.9 Å². The maximum absolute atomic E-state index is 8.81. The third-order valence-electron chi connectivity index (χ3n) is 1.73. The average molecular weight is 199 g/mol. The fourth-order valence-corrected chi connectivity index (χ4v) is 1.60. The lowest BCUT2D eigenvalue weighted by atomic mass is 10.1. The van der Waals surface area contributed by atoms with Crippen LogP contribution in [0.25, 0.3) is 0 Å². The van der Waals surface area contributed by atoms with Crippen molar-refractivity contribution < 1.29 is 0 Å². The van der Waals surface area contributed by atoms with Crippen LogP contribution in [-0.2, 0) is 0 Å². The molecule has 0 aliphatic carbocycles. The molecule has 0 bridgehead atoms. The Balaban J connectivity index is 3.38. The van der Waals surface area contributed by atoms with Gasteiger partial charge >= 0.3 is 0 Å². The molecule has 1 rings (SSSR count). The lowest BCUT2D eigenvalue weighted by Crippen LogP contribution is -1.92. The first-order chi connectivity index (χ1) is 5.70. The Bertz CT molecular complexity index is 344. The summed E-state index contributed by atoms with van der Waals surface area (Å²) in [4.78, 5) is 4.83. The summed E-state index contributed by atoms with van der Waals surface area (Å²) in [5, 5.41) is 8.81. The van der Waals surface area contributed by atoms with Crippen molar-refractivity contribution in [1.29, 1.82) is 5.26 Å². The SMILES string of the molecule is Cc1ncc(SCl)c(C#N)c1C. The molecule has 1 heterocycles. The minimum atomic E-state index is 0.627. The molecule has 2 nitrogen and oxygen atoms in total. The Hall–Kier alpha value is -0.720. The van der Waals surface area contributed by atoms with Crippen molar-refractivity contribution >= 4 is 21.7 Å². The van der Waals surface area contributed by atoms with E-state index < -0.39 is 0 Å². The molecular weight excluding hydrogens is 192 g/mol. The summed E-state index contributed by atoms with van der Waals surface area (Å²) >= 11 is 0. The summed E-state index contributed by atoms with van der Waals surface area (Å²) in [5.41, 5.74) is 2.41. The van der Waals surface area contributed by atoms with Crippen molar-refractivity contribution in [2.75, 3.05) is 0 Å². The maximum Gasteiger partial charge on any atom is 0.101 e. The largest absolute Gasteiger partial charge is 0.260 e. The van der Waals surface area contributed by atoms with E-state index in [2.05, 4.69) is 11.1 Å².